The minimum atomic E-state index is -0.384. The van der Waals surface area contributed by atoms with Gasteiger partial charge in [0.05, 0.1) is 36.2 Å². The number of fused-ring (bicyclic) bond motifs is 1. The molecule has 0 unspecified atom stereocenters. The van der Waals surface area contributed by atoms with Crippen LogP contribution in [0.5, 0.6) is 5.75 Å². The van der Waals surface area contributed by atoms with Gasteiger partial charge >= 0.3 is 5.82 Å². The molecular formula is C26H30N6O3S. The normalized spacial score (nSPS) is 11.1. The van der Waals surface area contributed by atoms with Crippen molar-refractivity contribution in [2.45, 2.75) is 39.8 Å². The smallest absolute Gasteiger partial charge is 0.342 e. The molecule has 36 heavy (non-hydrogen) atoms. The molecular weight excluding hydrogens is 476 g/mol. The number of nitrogens with one attached hydrogen (secondary N) is 1. The van der Waals surface area contributed by atoms with Gasteiger partial charge in [0, 0.05) is 29.8 Å². The number of pyridine rings is 2. The summed E-state index contributed by atoms with van der Waals surface area (Å²) in [6.45, 7) is 5.64. The molecule has 0 saturated heterocycles. The second kappa shape index (κ2) is 12.3. The Labute approximate surface area is 214 Å². The Morgan fingerprint density at radius 1 is 1.08 bits per heavy atom. The first kappa shape index (κ1) is 25.4. The Morgan fingerprint density at radius 3 is 2.81 bits per heavy atom. The quantitative estimate of drug-likeness (QED) is 0.143. The molecule has 0 amide bonds. The van der Waals surface area contributed by atoms with Crippen LogP contribution in [0.25, 0.3) is 10.9 Å². The number of rotatable bonds is 13. The molecule has 0 spiro atoms. The molecule has 9 nitrogen and oxygen atoms in total. The van der Waals surface area contributed by atoms with Gasteiger partial charge in [-0.05, 0) is 48.6 Å². The number of benzene rings is 1. The van der Waals surface area contributed by atoms with E-state index in [1.807, 2.05) is 37.4 Å². The van der Waals surface area contributed by atoms with E-state index in [4.69, 9.17) is 4.74 Å². The van der Waals surface area contributed by atoms with Crippen LogP contribution in [0.3, 0.4) is 0 Å². The average Bonchev–Trinajstić information content (AvgIpc) is 3.26. The third-order valence-corrected chi connectivity index (χ3v) is 6.98. The molecule has 0 fully saturated rings. The largest absolute Gasteiger partial charge is 0.493 e. The fourth-order valence-corrected chi connectivity index (χ4v) is 4.80. The minimum Gasteiger partial charge on any atom is -0.493 e. The molecule has 0 bridgehead atoms. The van der Waals surface area contributed by atoms with Crippen LogP contribution in [0.15, 0.2) is 55.0 Å². The molecule has 0 aliphatic rings. The Balaban J connectivity index is 1.17. The molecule has 0 radical (unpaired) electrons. The summed E-state index contributed by atoms with van der Waals surface area (Å²) < 4.78 is 7.69. The van der Waals surface area contributed by atoms with Crippen LogP contribution < -0.4 is 10.1 Å². The van der Waals surface area contributed by atoms with Crippen LogP contribution in [-0.4, -0.2) is 42.6 Å². The Hall–Kier alpha value is -3.66. The van der Waals surface area contributed by atoms with E-state index < -0.39 is 0 Å². The van der Waals surface area contributed by atoms with Gasteiger partial charge in [-0.1, -0.05) is 18.2 Å². The summed E-state index contributed by atoms with van der Waals surface area (Å²) in [5.41, 5.74) is 3.91. The number of ether oxygens (including phenoxy) is 1. The highest BCUT2D eigenvalue weighted by atomic mass is 32.2. The van der Waals surface area contributed by atoms with Crippen molar-refractivity contribution in [3.63, 3.8) is 0 Å². The van der Waals surface area contributed by atoms with E-state index in [0.717, 1.165) is 57.9 Å². The Kier molecular flexibility index (Phi) is 8.72. The number of nitro groups is 1. The van der Waals surface area contributed by atoms with Gasteiger partial charge in [0.15, 0.2) is 5.82 Å². The molecule has 1 aromatic carbocycles. The highest BCUT2D eigenvalue weighted by Gasteiger charge is 2.16. The molecule has 0 atom stereocenters. The van der Waals surface area contributed by atoms with Crippen LogP contribution in [0.2, 0.25) is 0 Å². The van der Waals surface area contributed by atoms with Crippen molar-refractivity contribution in [1.82, 2.24) is 19.5 Å². The number of hydrogen-bond donors (Lipinski definition) is 1. The number of aromatic nitrogens is 4. The zero-order valence-electron chi connectivity index (χ0n) is 20.5. The molecule has 1 N–H and O–H groups in total. The van der Waals surface area contributed by atoms with E-state index in [-0.39, 0.29) is 10.7 Å². The standard InChI is InChI=1S/C26H30N6O3S/c1-19-24(17-29-22-15-21-7-3-4-8-23(21)30-16-22)27-10-9-25(19)35-12-5-6-13-36-14-11-31-20(2)28-18-26(31)32(33)34/h3-4,7-10,15-16,18,29H,5-6,11-14,17H2,1-2H3. The molecule has 3 heterocycles. The summed E-state index contributed by atoms with van der Waals surface area (Å²) in [5, 5.41) is 15.6. The maximum absolute atomic E-state index is 11.1. The molecule has 10 heteroatoms. The Morgan fingerprint density at radius 2 is 1.94 bits per heavy atom. The predicted octanol–water partition coefficient (Wildman–Crippen LogP) is 5.56. The molecule has 188 valence electrons. The van der Waals surface area contributed by atoms with E-state index in [2.05, 4.69) is 32.4 Å². The number of para-hydroxylation sites is 1. The van der Waals surface area contributed by atoms with E-state index in [9.17, 15) is 10.1 Å². The van der Waals surface area contributed by atoms with Crippen molar-refractivity contribution < 1.29 is 9.66 Å². The van der Waals surface area contributed by atoms with E-state index in [0.29, 0.717) is 25.5 Å². The summed E-state index contributed by atoms with van der Waals surface area (Å²) >= 11 is 1.79. The van der Waals surface area contributed by atoms with Gasteiger partial charge in [-0.15, -0.1) is 0 Å². The Bertz CT molecular complexity index is 1330. The molecule has 3 aromatic heterocycles. The number of anilines is 1. The third kappa shape index (κ3) is 6.51. The van der Waals surface area contributed by atoms with E-state index in [1.54, 1.807) is 29.4 Å². The molecule has 0 aliphatic carbocycles. The maximum Gasteiger partial charge on any atom is 0.342 e. The van der Waals surface area contributed by atoms with Crippen molar-refractivity contribution in [3.8, 4) is 5.75 Å². The summed E-state index contributed by atoms with van der Waals surface area (Å²) in [5.74, 6) is 3.37. The summed E-state index contributed by atoms with van der Waals surface area (Å²) in [6, 6.07) is 12.0. The highest BCUT2D eigenvalue weighted by molar-refractivity contribution is 7.99. The van der Waals surface area contributed by atoms with Crippen LogP contribution in [0, 0.1) is 24.0 Å². The monoisotopic (exact) mass is 506 g/mol. The second-order valence-corrected chi connectivity index (χ2v) is 9.62. The minimum absolute atomic E-state index is 0.0534. The van der Waals surface area contributed by atoms with Crippen molar-refractivity contribution >= 4 is 34.2 Å². The van der Waals surface area contributed by atoms with Gasteiger partial charge in [-0.2, -0.15) is 11.8 Å². The van der Waals surface area contributed by atoms with Gasteiger partial charge in [-0.3, -0.25) is 9.97 Å². The highest BCUT2D eigenvalue weighted by Crippen LogP contribution is 2.22. The van der Waals surface area contributed by atoms with Gasteiger partial charge in [0.25, 0.3) is 0 Å². The van der Waals surface area contributed by atoms with Crippen molar-refractivity contribution in [3.05, 3.63) is 82.2 Å². The van der Waals surface area contributed by atoms with Crippen molar-refractivity contribution in [2.24, 2.45) is 0 Å². The summed E-state index contributed by atoms with van der Waals surface area (Å²) in [6.07, 6.45) is 6.90. The van der Waals surface area contributed by atoms with Crippen LogP contribution in [-0.2, 0) is 13.1 Å². The zero-order chi connectivity index (χ0) is 25.3. The number of nitrogens with zero attached hydrogens (tertiary/aromatic N) is 5. The lowest BCUT2D eigenvalue weighted by atomic mass is 10.2. The summed E-state index contributed by atoms with van der Waals surface area (Å²) in [7, 11) is 0. The van der Waals surface area contributed by atoms with Gasteiger partial charge in [-0.25, -0.2) is 9.55 Å². The number of unbranched alkanes of at least 4 members (excludes halogenated alkanes) is 1. The predicted molar refractivity (Wildman–Crippen MR) is 144 cm³/mol. The number of aryl methyl sites for hydroxylation is 1. The third-order valence-electron chi connectivity index (χ3n) is 5.93. The number of imidazole rings is 1. The number of thioether (sulfide) groups is 1. The first-order valence-electron chi connectivity index (χ1n) is 11.9. The van der Waals surface area contributed by atoms with Gasteiger partial charge < -0.3 is 20.2 Å². The lowest BCUT2D eigenvalue weighted by Gasteiger charge is -2.13. The average molecular weight is 507 g/mol. The van der Waals surface area contributed by atoms with Crippen molar-refractivity contribution in [1.29, 1.82) is 0 Å². The number of hydrogen-bond acceptors (Lipinski definition) is 8. The fourth-order valence-electron chi connectivity index (χ4n) is 3.87. The lowest BCUT2D eigenvalue weighted by molar-refractivity contribution is -0.392. The van der Waals surface area contributed by atoms with Gasteiger partial charge in [0.1, 0.15) is 18.5 Å². The topological polar surface area (TPSA) is 108 Å². The fraction of sp³-hybridized carbons (Fsp3) is 0.346. The molecule has 0 aliphatic heterocycles. The van der Waals surface area contributed by atoms with E-state index in [1.165, 1.54) is 6.20 Å². The first-order valence-corrected chi connectivity index (χ1v) is 13.1. The van der Waals surface area contributed by atoms with Crippen LogP contribution >= 0.6 is 11.8 Å². The molecule has 0 saturated carbocycles. The van der Waals surface area contributed by atoms with E-state index >= 15 is 0 Å². The first-order chi connectivity index (χ1) is 17.5. The van der Waals surface area contributed by atoms with Crippen LogP contribution in [0.4, 0.5) is 11.5 Å². The zero-order valence-corrected chi connectivity index (χ0v) is 21.3. The lowest BCUT2D eigenvalue weighted by Crippen LogP contribution is -2.07. The molecule has 4 rings (SSSR count). The maximum atomic E-state index is 11.1. The van der Waals surface area contributed by atoms with Gasteiger partial charge in [0.2, 0.25) is 0 Å². The van der Waals surface area contributed by atoms with Crippen LogP contribution in [0.1, 0.15) is 29.9 Å². The van der Waals surface area contributed by atoms with Crippen molar-refractivity contribution in [2.75, 3.05) is 23.4 Å². The second-order valence-electron chi connectivity index (χ2n) is 8.39. The molecule has 4 aromatic rings. The summed E-state index contributed by atoms with van der Waals surface area (Å²) in [4.78, 5) is 23.7. The SMILES string of the molecule is Cc1c(OCCCCSCCn2c([N+](=O)[O-])cnc2C)ccnc1CNc1cnc2ccccc2c1.